The van der Waals surface area contributed by atoms with Gasteiger partial charge in [-0.15, -0.1) is 0 Å². The number of carbonyl (C=O) groups is 1. The van der Waals surface area contributed by atoms with Crippen molar-refractivity contribution < 1.29 is 27.1 Å². The Labute approximate surface area is 245 Å². The molecule has 2 aromatic carbocycles. The molecule has 0 spiro atoms. The summed E-state index contributed by atoms with van der Waals surface area (Å²) in [5.74, 6) is -0.287. The van der Waals surface area contributed by atoms with Gasteiger partial charge in [-0.3, -0.25) is 9.69 Å². The summed E-state index contributed by atoms with van der Waals surface area (Å²) in [6.45, 7) is 8.49. The highest BCUT2D eigenvalue weighted by Gasteiger charge is 2.32. The van der Waals surface area contributed by atoms with Gasteiger partial charge >= 0.3 is 6.18 Å². The summed E-state index contributed by atoms with van der Waals surface area (Å²) in [4.78, 5) is 23.7. The number of halogens is 4. The van der Waals surface area contributed by atoms with E-state index in [2.05, 4.69) is 35.9 Å². The molecule has 3 heterocycles. The lowest BCUT2D eigenvalue weighted by Gasteiger charge is -2.26. The van der Waals surface area contributed by atoms with Gasteiger partial charge in [-0.05, 0) is 49.7 Å². The molecule has 3 N–H and O–H groups in total. The molecule has 1 amide bonds. The van der Waals surface area contributed by atoms with E-state index >= 15 is 0 Å². The molecule has 1 aliphatic heterocycles. The first kappa shape index (κ1) is 29.9. The maximum Gasteiger partial charge on any atom is 0.416 e. The second-order valence-electron chi connectivity index (χ2n) is 10.1. The summed E-state index contributed by atoms with van der Waals surface area (Å²) < 4.78 is 60.2. The number of hydrogen-bond donors (Lipinski definition) is 3. The van der Waals surface area contributed by atoms with Crippen LogP contribution in [0.2, 0.25) is 0 Å². The molecule has 0 atom stereocenters. The van der Waals surface area contributed by atoms with Crippen LogP contribution in [0.1, 0.15) is 27.2 Å². The Kier molecular flexibility index (Phi) is 8.87. The molecule has 0 aliphatic carbocycles. The van der Waals surface area contributed by atoms with Crippen molar-refractivity contribution in [2.24, 2.45) is 0 Å². The van der Waals surface area contributed by atoms with Gasteiger partial charge in [0.2, 0.25) is 0 Å². The Balaban J connectivity index is 1.31. The van der Waals surface area contributed by atoms with E-state index in [1.54, 1.807) is 28.9 Å². The SMILES string of the molecule is Cc1cc(Nc2cc(NC(=O)c3cc(F)cc(C(F)(F)F)c3)ccc2C)n(-c2cc(NCCN3CCOCC3)ncn2)n1. The van der Waals surface area contributed by atoms with Gasteiger partial charge in [0.25, 0.3) is 5.91 Å². The van der Waals surface area contributed by atoms with Gasteiger partial charge in [0, 0.05) is 55.2 Å². The summed E-state index contributed by atoms with van der Waals surface area (Å²) in [6.07, 6.45) is -3.34. The number of nitrogens with one attached hydrogen (secondary N) is 3. The lowest BCUT2D eigenvalue weighted by Crippen LogP contribution is -2.39. The van der Waals surface area contributed by atoms with Crippen molar-refractivity contribution in [1.82, 2.24) is 24.6 Å². The van der Waals surface area contributed by atoms with E-state index in [4.69, 9.17) is 4.74 Å². The van der Waals surface area contributed by atoms with E-state index < -0.39 is 29.0 Å². The zero-order valence-electron chi connectivity index (χ0n) is 23.5. The van der Waals surface area contributed by atoms with Crippen molar-refractivity contribution in [3.05, 3.63) is 83.1 Å². The first-order valence-electron chi connectivity index (χ1n) is 13.5. The standard InChI is InChI=1S/C29H30F4N8O2/c1-18-3-4-23(37-28(42)20-12-21(29(31,32)33)14-22(30)13-20)15-24(18)38-27-11-19(2)39-41(27)26-16-25(35-17-36-26)34-5-6-40-7-9-43-10-8-40/h3-4,11-17,38H,5-10H2,1-2H3,(H,37,42)(H,34,35,36). The molecule has 4 aromatic rings. The number of rotatable bonds is 9. The maximum absolute atomic E-state index is 13.8. The average Bonchev–Trinajstić information content (AvgIpc) is 3.34. The second-order valence-corrected chi connectivity index (χ2v) is 10.1. The van der Waals surface area contributed by atoms with Crippen molar-refractivity contribution in [3.63, 3.8) is 0 Å². The number of anilines is 4. The molecule has 2 aromatic heterocycles. The van der Waals surface area contributed by atoms with Crippen LogP contribution in [-0.4, -0.2) is 69.9 Å². The number of aromatic nitrogens is 4. The van der Waals surface area contributed by atoms with Gasteiger partial charge in [0.05, 0.1) is 24.5 Å². The van der Waals surface area contributed by atoms with Crippen LogP contribution >= 0.6 is 0 Å². The molecule has 5 rings (SSSR count). The van der Waals surface area contributed by atoms with E-state index in [1.165, 1.54) is 6.33 Å². The highest BCUT2D eigenvalue weighted by Crippen LogP contribution is 2.31. The molecule has 0 unspecified atom stereocenters. The van der Waals surface area contributed by atoms with Crippen molar-refractivity contribution in [3.8, 4) is 5.82 Å². The largest absolute Gasteiger partial charge is 0.416 e. The van der Waals surface area contributed by atoms with Gasteiger partial charge in [-0.2, -0.15) is 23.0 Å². The van der Waals surface area contributed by atoms with Crippen LogP contribution < -0.4 is 16.0 Å². The van der Waals surface area contributed by atoms with Crippen LogP contribution in [0.25, 0.3) is 5.82 Å². The first-order chi connectivity index (χ1) is 20.5. The molecule has 1 aliphatic rings. The van der Waals surface area contributed by atoms with E-state index in [0.29, 0.717) is 47.5 Å². The molecule has 10 nitrogen and oxygen atoms in total. The second kappa shape index (κ2) is 12.8. The summed E-state index contributed by atoms with van der Waals surface area (Å²) in [5, 5.41) is 13.7. The predicted octanol–water partition coefficient (Wildman–Crippen LogP) is 5.18. The Morgan fingerprint density at radius 2 is 1.81 bits per heavy atom. The number of benzene rings is 2. The van der Waals surface area contributed by atoms with Gasteiger partial charge in [0.15, 0.2) is 5.82 Å². The Morgan fingerprint density at radius 3 is 2.58 bits per heavy atom. The highest BCUT2D eigenvalue weighted by molar-refractivity contribution is 6.04. The quantitative estimate of drug-likeness (QED) is 0.226. The molecule has 0 radical (unpaired) electrons. The number of carbonyl (C=O) groups excluding carboxylic acids is 1. The number of morpholine rings is 1. The van der Waals surface area contributed by atoms with Crippen LogP contribution in [0.5, 0.6) is 0 Å². The minimum Gasteiger partial charge on any atom is -0.379 e. The third-order valence-corrected chi connectivity index (χ3v) is 6.78. The van der Waals surface area contributed by atoms with Crippen LogP contribution in [0.3, 0.4) is 0 Å². The number of hydrogen-bond acceptors (Lipinski definition) is 8. The van der Waals surface area contributed by atoms with Gasteiger partial charge in [-0.25, -0.2) is 14.4 Å². The van der Waals surface area contributed by atoms with E-state index in [-0.39, 0.29) is 0 Å². The Hall–Kier alpha value is -4.56. The van der Waals surface area contributed by atoms with Crippen LogP contribution in [0, 0.1) is 19.7 Å². The van der Waals surface area contributed by atoms with Crippen LogP contribution in [0.4, 0.5) is 40.6 Å². The van der Waals surface area contributed by atoms with Gasteiger partial charge < -0.3 is 20.7 Å². The van der Waals surface area contributed by atoms with Crippen molar-refractivity contribution in [2.45, 2.75) is 20.0 Å². The zero-order chi connectivity index (χ0) is 30.6. The molecule has 43 heavy (non-hydrogen) atoms. The fourth-order valence-corrected chi connectivity index (χ4v) is 4.55. The first-order valence-corrected chi connectivity index (χ1v) is 13.5. The van der Waals surface area contributed by atoms with E-state index in [1.807, 2.05) is 19.9 Å². The molecular weight excluding hydrogens is 568 g/mol. The summed E-state index contributed by atoms with van der Waals surface area (Å²) in [6, 6.07) is 10.3. The number of nitrogens with zero attached hydrogens (tertiary/aromatic N) is 5. The topological polar surface area (TPSA) is 109 Å². The average molecular weight is 599 g/mol. The van der Waals surface area contributed by atoms with E-state index in [0.717, 1.165) is 50.2 Å². The smallest absolute Gasteiger partial charge is 0.379 e. The summed E-state index contributed by atoms with van der Waals surface area (Å²) in [7, 11) is 0. The number of aryl methyl sites for hydroxylation is 2. The minimum absolute atomic E-state index is 0.299. The number of amides is 1. The Morgan fingerprint density at radius 1 is 1.02 bits per heavy atom. The van der Waals surface area contributed by atoms with Crippen LogP contribution in [-0.2, 0) is 10.9 Å². The molecular formula is C29H30F4N8O2. The fourth-order valence-electron chi connectivity index (χ4n) is 4.55. The summed E-state index contributed by atoms with van der Waals surface area (Å²) >= 11 is 0. The molecule has 0 saturated carbocycles. The van der Waals surface area contributed by atoms with Crippen molar-refractivity contribution >= 4 is 28.9 Å². The predicted molar refractivity (Wildman–Crippen MR) is 153 cm³/mol. The van der Waals surface area contributed by atoms with E-state index in [9.17, 15) is 22.4 Å². The number of alkyl halides is 3. The minimum atomic E-state index is -4.79. The van der Waals surface area contributed by atoms with Crippen molar-refractivity contribution in [1.29, 1.82) is 0 Å². The molecule has 1 fully saturated rings. The maximum atomic E-state index is 13.8. The lowest BCUT2D eigenvalue weighted by molar-refractivity contribution is -0.137. The zero-order valence-corrected chi connectivity index (χ0v) is 23.5. The number of ether oxygens (including phenoxy) is 1. The third kappa shape index (κ3) is 7.64. The van der Waals surface area contributed by atoms with Crippen molar-refractivity contribution in [2.75, 3.05) is 55.3 Å². The fraction of sp³-hybridized carbons (Fsp3) is 0.310. The van der Waals surface area contributed by atoms with Gasteiger partial charge in [-0.1, -0.05) is 6.07 Å². The Bertz CT molecular complexity index is 1600. The lowest BCUT2D eigenvalue weighted by atomic mass is 10.1. The van der Waals surface area contributed by atoms with Gasteiger partial charge in [0.1, 0.15) is 23.8 Å². The normalized spacial score (nSPS) is 14.0. The third-order valence-electron chi connectivity index (χ3n) is 6.78. The van der Waals surface area contributed by atoms with Crippen LogP contribution in [0.15, 0.2) is 54.9 Å². The monoisotopic (exact) mass is 598 g/mol. The molecule has 1 saturated heterocycles. The molecule has 14 heteroatoms. The molecule has 0 bridgehead atoms. The highest BCUT2D eigenvalue weighted by atomic mass is 19.4. The summed E-state index contributed by atoms with van der Waals surface area (Å²) in [5.41, 5.74) is 0.750. The molecule has 226 valence electrons.